The Morgan fingerprint density at radius 1 is 1.30 bits per heavy atom. The Bertz CT molecular complexity index is 1160. The Balaban J connectivity index is 1.53. The van der Waals surface area contributed by atoms with E-state index in [4.69, 9.17) is 26.8 Å². The van der Waals surface area contributed by atoms with Gasteiger partial charge in [-0.1, -0.05) is 29.8 Å². The highest BCUT2D eigenvalue weighted by Crippen LogP contribution is 2.44. The van der Waals surface area contributed by atoms with E-state index in [0.29, 0.717) is 39.3 Å². The number of hydrogen-bond donors (Lipinski definition) is 3. The smallest absolute Gasteiger partial charge is 0.404 e. The third-order valence-corrected chi connectivity index (χ3v) is 5.89. The van der Waals surface area contributed by atoms with Gasteiger partial charge in [0.15, 0.2) is 11.5 Å². The van der Waals surface area contributed by atoms with Gasteiger partial charge in [-0.3, -0.25) is 0 Å². The summed E-state index contributed by atoms with van der Waals surface area (Å²) in [6.45, 7) is 0. The predicted molar refractivity (Wildman–Crippen MR) is 111 cm³/mol. The van der Waals surface area contributed by atoms with Gasteiger partial charge in [0.05, 0.1) is 30.1 Å². The number of rotatable bonds is 5. The van der Waals surface area contributed by atoms with Crippen LogP contribution in [0, 0.1) is 11.8 Å². The molecule has 2 bridgehead atoms. The average molecular weight is 427 g/mol. The van der Waals surface area contributed by atoms with E-state index >= 15 is 0 Å². The molecule has 30 heavy (non-hydrogen) atoms. The minimum Gasteiger partial charge on any atom is -0.481 e. The van der Waals surface area contributed by atoms with E-state index < -0.39 is 6.09 Å². The second-order valence-corrected chi connectivity index (χ2v) is 7.76. The summed E-state index contributed by atoms with van der Waals surface area (Å²) in [5.41, 5.74) is 7.69. The number of ether oxygens (including phenoxy) is 2. The molecule has 4 N–H and O–H groups in total. The number of H-pyrrole nitrogens is 1. The van der Waals surface area contributed by atoms with Gasteiger partial charge in [-0.15, -0.1) is 0 Å². The van der Waals surface area contributed by atoms with Gasteiger partial charge in [-0.2, -0.15) is 0 Å². The molecule has 3 aromatic heterocycles. The van der Waals surface area contributed by atoms with Gasteiger partial charge >= 0.3 is 6.09 Å². The molecular weight excluding hydrogens is 408 g/mol. The van der Waals surface area contributed by atoms with Crippen molar-refractivity contribution in [2.45, 2.75) is 18.6 Å². The van der Waals surface area contributed by atoms with Crippen molar-refractivity contribution in [3.8, 4) is 17.4 Å². The molecule has 1 fully saturated rings. The lowest BCUT2D eigenvalue weighted by atomic mass is 9.98. The number of fused-ring (bicyclic) bond motifs is 3. The number of aromatic amines is 1. The summed E-state index contributed by atoms with van der Waals surface area (Å²) < 4.78 is 10.6. The van der Waals surface area contributed by atoms with Crippen LogP contribution in [-0.2, 0) is 4.74 Å². The lowest BCUT2D eigenvalue weighted by Crippen LogP contribution is -2.41. The molecule has 3 heterocycles. The van der Waals surface area contributed by atoms with E-state index in [1.165, 1.54) is 0 Å². The summed E-state index contributed by atoms with van der Waals surface area (Å²) in [4.78, 5) is 27.9. The first kappa shape index (κ1) is 18.7. The van der Waals surface area contributed by atoms with Crippen LogP contribution in [0.15, 0.2) is 36.5 Å². The van der Waals surface area contributed by atoms with Crippen LogP contribution in [0.1, 0.15) is 6.42 Å². The second-order valence-electron chi connectivity index (χ2n) is 7.35. The normalized spacial score (nSPS) is 24.3. The molecular formula is C20H19ClN6O3. The fourth-order valence-corrected chi connectivity index (χ4v) is 4.48. The van der Waals surface area contributed by atoms with Crippen LogP contribution in [0.3, 0.4) is 0 Å². The first-order valence-corrected chi connectivity index (χ1v) is 9.88. The first-order valence-electron chi connectivity index (χ1n) is 9.50. The van der Waals surface area contributed by atoms with Gasteiger partial charge in [0.2, 0.25) is 5.88 Å². The van der Waals surface area contributed by atoms with Crippen molar-refractivity contribution in [3.05, 3.63) is 41.6 Å². The number of nitrogens with two attached hydrogens (primary N) is 1. The number of halogens is 1. The molecule has 2 aliphatic rings. The third-order valence-electron chi connectivity index (χ3n) is 5.60. The monoisotopic (exact) mass is 426 g/mol. The molecule has 9 nitrogen and oxygen atoms in total. The third kappa shape index (κ3) is 3.11. The quantitative estimate of drug-likeness (QED) is 0.534. The standard InChI is InChI=1S/C20H19ClN6O3/c1-29-13-4-2-3-12(24-13)18-26-16-15(11(21)8-23-19(16)27-18)25-14-9-5-6-10(7-9)17(14)30-20(22)28/h2-6,8-10,14,17H,7H2,1H3,(H2,22,28)(H2,23,25,26,27)/t9-,10+,14+,17-/m0/s1. The van der Waals surface area contributed by atoms with E-state index in [2.05, 4.69) is 37.4 Å². The van der Waals surface area contributed by atoms with Crippen molar-refractivity contribution in [2.75, 3.05) is 12.4 Å². The second kappa shape index (κ2) is 7.17. The minimum atomic E-state index is -0.786. The summed E-state index contributed by atoms with van der Waals surface area (Å²) in [6.07, 6.45) is 5.49. The summed E-state index contributed by atoms with van der Waals surface area (Å²) in [6, 6.07) is 5.26. The number of aromatic nitrogens is 4. The lowest BCUT2D eigenvalue weighted by Gasteiger charge is -2.29. The van der Waals surface area contributed by atoms with Crippen LogP contribution in [0.4, 0.5) is 10.5 Å². The molecule has 2 aliphatic carbocycles. The highest BCUT2D eigenvalue weighted by molar-refractivity contribution is 6.34. The number of hydrogen-bond acceptors (Lipinski definition) is 7. The summed E-state index contributed by atoms with van der Waals surface area (Å²) in [7, 11) is 1.56. The number of carbonyl (C=O) groups excluding carboxylic acids is 1. The Kier molecular flexibility index (Phi) is 4.47. The summed E-state index contributed by atoms with van der Waals surface area (Å²) in [5.74, 6) is 1.37. The van der Waals surface area contributed by atoms with Crippen molar-refractivity contribution >= 4 is 34.5 Å². The largest absolute Gasteiger partial charge is 0.481 e. The average Bonchev–Trinajstić information content (AvgIpc) is 3.45. The highest BCUT2D eigenvalue weighted by Gasteiger charge is 2.47. The fourth-order valence-electron chi connectivity index (χ4n) is 4.28. The van der Waals surface area contributed by atoms with E-state index in [-0.39, 0.29) is 24.0 Å². The summed E-state index contributed by atoms with van der Waals surface area (Å²) in [5, 5.41) is 3.89. The number of primary amides is 1. The summed E-state index contributed by atoms with van der Waals surface area (Å²) >= 11 is 6.48. The molecule has 0 saturated heterocycles. The number of pyridine rings is 2. The van der Waals surface area contributed by atoms with Crippen molar-refractivity contribution in [1.29, 1.82) is 0 Å². The van der Waals surface area contributed by atoms with Gasteiger partial charge in [0.1, 0.15) is 17.3 Å². The maximum atomic E-state index is 11.4. The lowest BCUT2D eigenvalue weighted by molar-refractivity contribution is 0.0854. The van der Waals surface area contributed by atoms with Gasteiger partial charge < -0.3 is 25.5 Å². The Labute approximate surface area is 176 Å². The maximum absolute atomic E-state index is 11.4. The molecule has 0 spiro atoms. The number of anilines is 1. The maximum Gasteiger partial charge on any atom is 0.404 e. The van der Waals surface area contributed by atoms with E-state index in [0.717, 1.165) is 6.42 Å². The molecule has 0 unspecified atom stereocenters. The zero-order valence-corrected chi connectivity index (χ0v) is 16.8. The van der Waals surface area contributed by atoms with Crippen LogP contribution >= 0.6 is 11.6 Å². The molecule has 154 valence electrons. The fraction of sp³-hybridized carbons (Fsp3) is 0.300. The van der Waals surface area contributed by atoms with E-state index in [9.17, 15) is 4.79 Å². The molecule has 3 aromatic rings. The van der Waals surface area contributed by atoms with Gasteiger partial charge in [0.25, 0.3) is 0 Å². The van der Waals surface area contributed by atoms with Crippen molar-refractivity contribution in [2.24, 2.45) is 17.6 Å². The van der Waals surface area contributed by atoms with Crippen LogP contribution in [0.2, 0.25) is 5.02 Å². The number of nitrogens with zero attached hydrogens (tertiary/aromatic N) is 3. The zero-order valence-electron chi connectivity index (χ0n) is 16.0. The molecule has 0 aliphatic heterocycles. The van der Waals surface area contributed by atoms with Gasteiger partial charge in [-0.05, 0) is 12.5 Å². The van der Waals surface area contributed by atoms with Crippen molar-refractivity contribution in [3.63, 3.8) is 0 Å². The first-order chi connectivity index (χ1) is 14.5. The van der Waals surface area contributed by atoms with Gasteiger partial charge in [-0.25, -0.2) is 19.7 Å². The van der Waals surface area contributed by atoms with Crippen LogP contribution < -0.4 is 15.8 Å². The number of imidazole rings is 1. The van der Waals surface area contributed by atoms with E-state index in [1.54, 1.807) is 19.4 Å². The molecule has 4 atom stereocenters. The number of carbonyl (C=O) groups is 1. The Hall–Kier alpha value is -3.33. The van der Waals surface area contributed by atoms with E-state index in [1.807, 2.05) is 12.1 Å². The van der Waals surface area contributed by atoms with Crippen LogP contribution in [-0.4, -0.2) is 45.3 Å². The van der Waals surface area contributed by atoms with Crippen LogP contribution in [0.5, 0.6) is 5.88 Å². The molecule has 5 rings (SSSR count). The number of nitrogens with one attached hydrogen (secondary N) is 2. The van der Waals surface area contributed by atoms with Crippen molar-refractivity contribution < 1.29 is 14.3 Å². The molecule has 0 radical (unpaired) electrons. The molecule has 1 amide bonds. The van der Waals surface area contributed by atoms with Gasteiger partial charge in [0, 0.05) is 17.9 Å². The number of amides is 1. The Morgan fingerprint density at radius 3 is 2.93 bits per heavy atom. The topological polar surface area (TPSA) is 128 Å². The molecule has 10 heteroatoms. The highest BCUT2D eigenvalue weighted by atomic mass is 35.5. The molecule has 1 saturated carbocycles. The number of methoxy groups -OCH3 is 1. The SMILES string of the molecule is COc1cccc(-c2nc3ncc(Cl)c(N[C@H]4[C@@H](OC(N)=O)[C@@H]5C=C[C@H]4C5)c3[nH]2)n1. The van der Waals surface area contributed by atoms with Crippen LogP contribution in [0.25, 0.3) is 22.7 Å². The van der Waals surface area contributed by atoms with Crippen molar-refractivity contribution in [1.82, 2.24) is 19.9 Å². The zero-order chi connectivity index (χ0) is 20.8. The minimum absolute atomic E-state index is 0.134. The molecule has 0 aromatic carbocycles. The predicted octanol–water partition coefficient (Wildman–Crippen LogP) is 3.13. The Morgan fingerprint density at radius 2 is 2.13 bits per heavy atom.